The number of anilines is 3. The Balaban J connectivity index is 1.20. The number of aromatic nitrogens is 4. The first-order chi connectivity index (χ1) is 43.7. The van der Waals surface area contributed by atoms with E-state index in [-0.39, 0.29) is 115 Å². The van der Waals surface area contributed by atoms with Crippen molar-refractivity contribution in [2.24, 2.45) is 11.8 Å². The average molecular weight is 1290 g/mol. The van der Waals surface area contributed by atoms with Gasteiger partial charge in [0.2, 0.25) is 35.5 Å². The molecule has 1 aliphatic carbocycles. The molecule has 7 N–H and O–H groups in total. The van der Waals surface area contributed by atoms with Crippen molar-refractivity contribution in [1.29, 1.82) is 0 Å². The van der Waals surface area contributed by atoms with Crippen LogP contribution in [0.1, 0.15) is 245 Å². The molecule has 5 amide bonds. The van der Waals surface area contributed by atoms with Crippen LogP contribution in [-0.2, 0) is 49.6 Å². The Morgan fingerprint density at radius 2 is 1.26 bits per heavy atom. The maximum Gasteiger partial charge on any atom is 0.306 e. The maximum absolute atomic E-state index is 14.4. The number of likely N-dealkylation sites (tertiary alicyclic amines) is 1. The zero-order valence-corrected chi connectivity index (χ0v) is 56.6. The molecule has 1 saturated heterocycles. The molecule has 2 aliphatic rings. The van der Waals surface area contributed by atoms with Crippen LogP contribution in [-0.4, -0.2) is 132 Å². The number of rotatable bonds is 49. The molecule has 90 heavy (non-hydrogen) atoms. The molecule has 504 valence electrons. The average Bonchev–Trinajstić information content (AvgIpc) is 1.66. The Bertz CT molecular complexity index is 2620. The van der Waals surface area contributed by atoms with E-state index in [0.29, 0.717) is 55.9 Å². The molecule has 3 atom stereocenters. The van der Waals surface area contributed by atoms with E-state index in [0.717, 1.165) is 56.9 Å². The number of carbonyl (C=O) groups excluding carboxylic acids is 7. The summed E-state index contributed by atoms with van der Waals surface area (Å²) in [5, 5.41) is 21.9. The number of carbonyl (C=O) groups is 7. The minimum atomic E-state index is -1.03. The highest BCUT2D eigenvalue weighted by atomic mass is 32.2. The first kappa shape index (κ1) is 75.1. The van der Waals surface area contributed by atoms with Gasteiger partial charge < -0.3 is 41.6 Å². The molecule has 20 nitrogen and oxygen atoms in total. The number of nitrogen functional groups attached to an aromatic ring is 1. The van der Waals surface area contributed by atoms with Crippen molar-refractivity contribution in [3.8, 4) is 6.01 Å². The smallest absolute Gasteiger partial charge is 0.306 e. The summed E-state index contributed by atoms with van der Waals surface area (Å²) >= 11 is 2.49. The predicted octanol–water partition coefficient (Wildman–Crippen LogP) is 13.0. The summed E-state index contributed by atoms with van der Waals surface area (Å²) in [6.07, 6.45) is 33.8. The first-order valence-corrected chi connectivity index (χ1v) is 36.7. The summed E-state index contributed by atoms with van der Waals surface area (Å²) in [5.74, 6) is -1.80. The van der Waals surface area contributed by atoms with Gasteiger partial charge in [0.05, 0.1) is 17.5 Å². The molecule has 5 rings (SSSR count). The minimum Gasteiger partial charge on any atom is -0.480 e. The summed E-state index contributed by atoms with van der Waals surface area (Å²) < 4.78 is 13.3. The van der Waals surface area contributed by atoms with Crippen molar-refractivity contribution in [1.82, 2.24) is 35.1 Å². The van der Waals surface area contributed by atoms with Crippen molar-refractivity contribution >= 4 is 93.6 Å². The second-order valence-electron chi connectivity index (χ2n) is 24.8. The number of thioether (sulfide) groups is 2. The molecule has 1 aromatic carbocycles. The lowest BCUT2D eigenvalue weighted by atomic mass is 9.81. The number of benzene rings is 1. The molecule has 1 aliphatic heterocycles. The van der Waals surface area contributed by atoms with E-state index in [1.165, 1.54) is 156 Å². The lowest BCUT2D eigenvalue weighted by Crippen LogP contribution is -2.48. The van der Waals surface area contributed by atoms with E-state index in [2.05, 4.69) is 50.1 Å². The number of imide groups is 1. The van der Waals surface area contributed by atoms with E-state index in [1.54, 1.807) is 24.3 Å². The molecular formula is C68H110N10O10S2. The maximum atomic E-state index is 14.4. The fraction of sp³-hybridized carbons (Fsp3) is 0.735. The van der Waals surface area contributed by atoms with Crippen LogP contribution in [0.3, 0.4) is 0 Å². The van der Waals surface area contributed by atoms with Crippen LogP contribution < -0.4 is 27.0 Å². The number of fused-ring (bicyclic) bond motifs is 1. The standard InChI is InChI=1S/C68H110N10O10S2/c1-5-8-10-12-14-16-18-20-22-24-26-28-30-32-59(81)87-46-54(88-60(82)33-31-29-27-25-23-21-19-17-15-13-11-9-6-2)47-89-48-55(73-64(83)52-38-34-50(35-39-52)44-77-58(80)43-56(66(77)85)90-49-57(79)70-4)65(84)72-53-40-36-51(37-41-53)45-78-63-61(74-68(78)86)62(69)75-67(76-63)71-42-7-3/h36-37,40-41,50,52,54-56H,5-35,38-39,42-49H2,1-4H3,(H,70,79)(H,72,84)(H,73,83)(H,74,86)(H3,69,71,75,76). The van der Waals surface area contributed by atoms with Crippen LogP contribution in [0.25, 0.3) is 11.2 Å². The molecule has 22 heteroatoms. The van der Waals surface area contributed by atoms with Crippen molar-refractivity contribution in [2.45, 2.75) is 263 Å². The zero-order valence-electron chi connectivity index (χ0n) is 54.9. The van der Waals surface area contributed by atoms with Crippen molar-refractivity contribution in [2.75, 3.05) is 60.4 Å². The van der Waals surface area contributed by atoms with Crippen molar-refractivity contribution in [3.05, 3.63) is 29.8 Å². The normalized spacial score (nSPS) is 16.5. The fourth-order valence-electron chi connectivity index (χ4n) is 11.6. The van der Waals surface area contributed by atoms with Gasteiger partial charge in [0.1, 0.15) is 18.8 Å². The van der Waals surface area contributed by atoms with E-state index in [4.69, 9.17) is 15.2 Å². The van der Waals surface area contributed by atoms with Gasteiger partial charge in [0, 0.05) is 62.5 Å². The van der Waals surface area contributed by atoms with Gasteiger partial charge in [-0.15, -0.1) is 11.8 Å². The lowest BCUT2D eigenvalue weighted by molar-refractivity contribution is -0.157. The highest BCUT2D eigenvalue weighted by molar-refractivity contribution is 8.01. The summed E-state index contributed by atoms with van der Waals surface area (Å²) in [4.78, 5) is 108. The molecular weight excluding hydrogens is 1180 g/mol. The van der Waals surface area contributed by atoms with Crippen LogP contribution >= 0.6 is 23.5 Å². The summed E-state index contributed by atoms with van der Waals surface area (Å²) in [7, 11) is 1.53. The zero-order chi connectivity index (χ0) is 64.7. The van der Waals surface area contributed by atoms with E-state index >= 15 is 0 Å². The number of ether oxygens (including phenoxy) is 2. The molecule has 3 unspecified atom stereocenters. The number of nitrogens with two attached hydrogens (primary N) is 1. The minimum absolute atomic E-state index is 0.00180. The number of esters is 2. The quantitative estimate of drug-likeness (QED) is 0.0174. The van der Waals surface area contributed by atoms with Crippen molar-refractivity contribution < 1.29 is 48.1 Å². The number of nitrogens with zero attached hydrogens (tertiary/aromatic N) is 5. The Morgan fingerprint density at radius 1 is 0.700 bits per heavy atom. The van der Waals surface area contributed by atoms with Crippen molar-refractivity contribution in [3.63, 3.8) is 0 Å². The number of hydrogen-bond acceptors (Lipinski definition) is 17. The molecule has 0 radical (unpaired) electrons. The third-order valence-electron chi connectivity index (χ3n) is 17.2. The Morgan fingerprint density at radius 3 is 1.81 bits per heavy atom. The number of amides is 5. The monoisotopic (exact) mass is 1290 g/mol. The topological polar surface area (TPSA) is 279 Å². The van der Waals surface area contributed by atoms with Crippen LogP contribution in [0.5, 0.6) is 6.01 Å². The summed E-state index contributed by atoms with van der Waals surface area (Å²) in [5.41, 5.74) is 8.05. The predicted molar refractivity (Wildman–Crippen MR) is 362 cm³/mol. The van der Waals surface area contributed by atoms with Crippen LogP contribution in [0.4, 0.5) is 17.5 Å². The number of nitrogens with one attached hydrogen (secondary N) is 4. The van der Waals surface area contributed by atoms with Gasteiger partial charge in [-0.05, 0) is 68.6 Å². The Labute approximate surface area is 545 Å². The second kappa shape index (κ2) is 44.0. The van der Waals surface area contributed by atoms with Crippen LogP contribution in [0, 0.1) is 11.8 Å². The van der Waals surface area contributed by atoms with Gasteiger partial charge in [-0.1, -0.05) is 187 Å². The van der Waals surface area contributed by atoms with Crippen LogP contribution in [0.2, 0.25) is 0 Å². The van der Waals surface area contributed by atoms with Crippen LogP contribution in [0.15, 0.2) is 24.3 Å². The molecule has 3 aromatic rings. The van der Waals surface area contributed by atoms with E-state index in [1.807, 2.05) is 6.92 Å². The summed E-state index contributed by atoms with van der Waals surface area (Å²) in [6.45, 7) is 7.45. The Kier molecular flexibility index (Phi) is 36.7. The second-order valence-corrected chi connectivity index (χ2v) is 27.1. The van der Waals surface area contributed by atoms with Gasteiger partial charge in [-0.3, -0.25) is 43.0 Å². The van der Waals surface area contributed by atoms with Gasteiger partial charge >= 0.3 is 11.9 Å². The summed E-state index contributed by atoms with van der Waals surface area (Å²) in [6, 6.07) is 5.74. The molecule has 2 aromatic heterocycles. The third-order valence-corrected chi connectivity index (χ3v) is 19.5. The van der Waals surface area contributed by atoms with Gasteiger partial charge in [-0.25, -0.2) is 0 Å². The van der Waals surface area contributed by atoms with Gasteiger partial charge in [-0.2, -0.15) is 26.7 Å². The highest BCUT2D eigenvalue weighted by Crippen LogP contribution is 2.33. The fourth-order valence-corrected chi connectivity index (χ4v) is 13.7. The molecule has 2 fully saturated rings. The largest absolute Gasteiger partial charge is 0.480 e. The molecule has 3 heterocycles. The lowest BCUT2D eigenvalue weighted by Gasteiger charge is -2.31. The highest BCUT2D eigenvalue weighted by Gasteiger charge is 2.41. The molecule has 0 bridgehead atoms. The van der Waals surface area contributed by atoms with Gasteiger partial charge in [0.15, 0.2) is 17.0 Å². The van der Waals surface area contributed by atoms with Gasteiger partial charge in [0.25, 0.3) is 6.01 Å². The molecule has 0 spiro atoms. The van der Waals surface area contributed by atoms with E-state index in [9.17, 15) is 38.7 Å². The number of unbranched alkanes of at least 4 members (excludes halogenated alkanes) is 24. The number of aromatic hydroxyl groups is 1. The SMILES string of the molecule is CCCCCCCCCCCCCCCC(=O)OCC(CSCC(NC(=O)C1CCC(CN2C(=O)CC(SCC(=O)NC)C2=O)CC1)C(=O)Nc1ccc(Cn2c(O)nc3c(N)nc(NCCC)nc32)cc1)OC(=O)CCCCCCCCCCCCCCC. The molecule has 1 saturated carbocycles. The number of hydrogen-bond donors (Lipinski definition) is 6. The Hall–Kier alpha value is -5.64. The van der Waals surface area contributed by atoms with E-state index < -0.39 is 29.2 Å². The third kappa shape index (κ3) is 28.5. The first-order valence-electron chi connectivity index (χ1n) is 34.5. The number of imidazole rings is 1.